The highest BCUT2D eigenvalue weighted by Gasteiger charge is 2.26. The largest absolute Gasteiger partial charge is 0.296 e. The molecule has 74 valence electrons. The van der Waals surface area contributed by atoms with E-state index < -0.39 is 0 Å². The zero-order valence-electron chi connectivity index (χ0n) is 8.15. The van der Waals surface area contributed by atoms with Crippen molar-refractivity contribution in [3.8, 4) is 0 Å². The molecule has 0 spiro atoms. The maximum absolute atomic E-state index is 11.7. The summed E-state index contributed by atoms with van der Waals surface area (Å²) in [6.07, 6.45) is 7.74. The molecular formula is C11H14N2O. The first-order valence-electron chi connectivity index (χ1n) is 5.42. The van der Waals surface area contributed by atoms with Gasteiger partial charge in [-0.1, -0.05) is 6.42 Å². The van der Waals surface area contributed by atoms with Gasteiger partial charge in [-0.3, -0.25) is 9.36 Å². The van der Waals surface area contributed by atoms with Gasteiger partial charge in [0.2, 0.25) is 0 Å². The van der Waals surface area contributed by atoms with Gasteiger partial charge in [-0.05, 0) is 25.7 Å². The molecule has 2 aliphatic carbocycles. The second-order valence-electron chi connectivity index (χ2n) is 4.42. The summed E-state index contributed by atoms with van der Waals surface area (Å²) < 4.78 is 1.78. The molecule has 1 heterocycles. The van der Waals surface area contributed by atoms with Crippen LogP contribution in [0, 0.1) is 0 Å². The minimum absolute atomic E-state index is 0.143. The Morgan fingerprint density at radius 3 is 2.57 bits per heavy atom. The topological polar surface area (TPSA) is 34.9 Å². The third-order valence-electron chi connectivity index (χ3n) is 3.32. The van der Waals surface area contributed by atoms with Gasteiger partial charge in [-0.2, -0.15) is 0 Å². The van der Waals surface area contributed by atoms with E-state index in [1.165, 1.54) is 19.3 Å². The fourth-order valence-corrected chi connectivity index (χ4v) is 1.98. The Morgan fingerprint density at radius 1 is 1.29 bits per heavy atom. The van der Waals surface area contributed by atoms with Crippen LogP contribution in [0.3, 0.4) is 0 Å². The van der Waals surface area contributed by atoms with E-state index in [2.05, 4.69) is 4.98 Å². The molecule has 1 aromatic rings. The average molecular weight is 190 g/mol. The lowest BCUT2D eigenvalue weighted by molar-refractivity contribution is 0.408. The van der Waals surface area contributed by atoms with Gasteiger partial charge >= 0.3 is 0 Å². The molecule has 2 aliphatic rings. The summed E-state index contributed by atoms with van der Waals surface area (Å²) in [6, 6.07) is 2.19. The average Bonchev–Trinajstić information content (AvgIpc) is 2.84. The monoisotopic (exact) mass is 190 g/mol. The van der Waals surface area contributed by atoms with Crippen LogP contribution in [-0.2, 0) is 0 Å². The predicted octanol–water partition coefficient (Wildman–Crippen LogP) is 1.85. The van der Waals surface area contributed by atoms with Crippen LogP contribution < -0.4 is 5.56 Å². The third-order valence-corrected chi connectivity index (χ3v) is 3.32. The normalized spacial score (nSPS) is 22.0. The Bertz CT molecular complexity index is 402. The zero-order chi connectivity index (χ0) is 9.54. The van der Waals surface area contributed by atoms with Crippen molar-refractivity contribution in [2.24, 2.45) is 0 Å². The standard InChI is InChI=1S/C11H14N2O/c14-11-6-10(8-2-1-3-8)12-7-13(11)9-4-5-9/h6-9H,1-5H2. The van der Waals surface area contributed by atoms with Crippen LogP contribution in [-0.4, -0.2) is 9.55 Å². The van der Waals surface area contributed by atoms with E-state index in [-0.39, 0.29) is 5.56 Å². The van der Waals surface area contributed by atoms with Crippen molar-refractivity contribution in [1.29, 1.82) is 0 Å². The summed E-state index contributed by atoms with van der Waals surface area (Å²) in [5.74, 6) is 0.566. The molecule has 0 N–H and O–H groups in total. The third kappa shape index (κ3) is 1.27. The lowest BCUT2D eigenvalue weighted by Crippen LogP contribution is -2.22. The van der Waals surface area contributed by atoms with Crippen molar-refractivity contribution >= 4 is 0 Å². The van der Waals surface area contributed by atoms with E-state index >= 15 is 0 Å². The fourth-order valence-electron chi connectivity index (χ4n) is 1.98. The fraction of sp³-hybridized carbons (Fsp3) is 0.636. The van der Waals surface area contributed by atoms with Gasteiger partial charge in [-0.25, -0.2) is 4.98 Å². The lowest BCUT2D eigenvalue weighted by atomic mass is 9.83. The highest BCUT2D eigenvalue weighted by atomic mass is 16.1. The summed E-state index contributed by atoms with van der Waals surface area (Å²) in [4.78, 5) is 16.1. The summed E-state index contributed by atoms with van der Waals surface area (Å²) in [7, 11) is 0. The van der Waals surface area contributed by atoms with Crippen LogP contribution in [0.25, 0.3) is 0 Å². The number of hydrogen-bond donors (Lipinski definition) is 0. The molecule has 0 amide bonds. The quantitative estimate of drug-likeness (QED) is 0.713. The summed E-state index contributed by atoms with van der Waals surface area (Å²) in [5, 5.41) is 0. The summed E-state index contributed by atoms with van der Waals surface area (Å²) in [5.41, 5.74) is 1.16. The van der Waals surface area contributed by atoms with Crippen molar-refractivity contribution < 1.29 is 0 Å². The van der Waals surface area contributed by atoms with Crippen molar-refractivity contribution in [1.82, 2.24) is 9.55 Å². The van der Waals surface area contributed by atoms with Gasteiger partial charge in [-0.15, -0.1) is 0 Å². The molecule has 3 rings (SSSR count). The molecule has 0 bridgehead atoms. The molecule has 2 saturated carbocycles. The van der Waals surface area contributed by atoms with Gasteiger partial charge < -0.3 is 0 Å². The van der Waals surface area contributed by atoms with E-state index in [1.54, 1.807) is 17.0 Å². The SMILES string of the molecule is O=c1cc(C2CCC2)ncn1C1CC1. The number of rotatable bonds is 2. The number of aromatic nitrogens is 2. The molecule has 0 atom stereocenters. The Morgan fingerprint density at radius 2 is 2.07 bits per heavy atom. The maximum atomic E-state index is 11.7. The van der Waals surface area contributed by atoms with Crippen molar-refractivity contribution in [2.75, 3.05) is 0 Å². The minimum atomic E-state index is 0.143. The van der Waals surface area contributed by atoms with Crippen LogP contribution in [0.2, 0.25) is 0 Å². The van der Waals surface area contributed by atoms with Crippen molar-refractivity contribution in [3.63, 3.8) is 0 Å². The van der Waals surface area contributed by atoms with Crippen LogP contribution in [0.15, 0.2) is 17.2 Å². The first-order valence-corrected chi connectivity index (χ1v) is 5.42. The number of hydrogen-bond acceptors (Lipinski definition) is 2. The Labute approximate surface area is 82.8 Å². The van der Waals surface area contributed by atoms with Crippen LogP contribution in [0.4, 0.5) is 0 Å². The second kappa shape index (κ2) is 2.94. The van der Waals surface area contributed by atoms with E-state index in [1.807, 2.05) is 0 Å². The minimum Gasteiger partial charge on any atom is -0.296 e. The molecule has 0 unspecified atom stereocenters. The molecule has 0 aromatic carbocycles. The van der Waals surface area contributed by atoms with Gasteiger partial charge in [0.15, 0.2) is 0 Å². The molecule has 14 heavy (non-hydrogen) atoms. The van der Waals surface area contributed by atoms with Gasteiger partial charge in [0.05, 0.1) is 12.0 Å². The van der Waals surface area contributed by atoms with Gasteiger partial charge in [0.1, 0.15) is 0 Å². The van der Waals surface area contributed by atoms with E-state index in [9.17, 15) is 4.79 Å². The molecule has 0 radical (unpaired) electrons. The zero-order valence-corrected chi connectivity index (χ0v) is 8.15. The molecule has 3 heteroatoms. The Hall–Kier alpha value is -1.12. The first-order chi connectivity index (χ1) is 6.84. The first kappa shape index (κ1) is 8.21. The highest BCUT2D eigenvalue weighted by molar-refractivity contribution is 5.10. The van der Waals surface area contributed by atoms with Crippen LogP contribution in [0.1, 0.15) is 49.8 Å². The highest BCUT2D eigenvalue weighted by Crippen LogP contribution is 2.36. The molecule has 3 nitrogen and oxygen atoms in total. The second-order valence-corrected chi connectivity index (χ2v) is 4.42. The van der Waals surface area contributed by atoms with Gasteiger partial charge in [0, 0.05) is 18.0 Å². The van der Waals surface area contributed by atoms with Crippen LogP contribution >= 0.6 is 0 Å². The molecule has 2 fully saturated rings. The predicted molar refractivity (Wildman–Crippen MR) is 53.4 cm³/mol. The Balaban J connectivity index is 1.93. The molecule has 1 aromatic heterocycles. The summed E-state index contributed by atoms with van der Waals surface area (Å²) in [6.45, 7) is 0. The van der Waals surface area contributed by atoms with Crippen molar-refractivity contribution in [2.45, 2.75) is 44.1 Å². The molecular weight excluding hydrogens is 176 g/mol. The molecule has 0 saturated heterocycles. The van der Waals surface area contributed by atoms with Gasteiger partial charge in [0.25, 0.3) is 5.56 Å². The van der Waals surface area contributed by atoms with E-state index in [0.717, 1.165) is 18.5 Å². The Kier molecular flexibility index (Phi) is 1.72. The maximum Gasteiger partial charge on any atom is 0.253 e. The lowest BCUT2D eigenvalue weighted by Gasteiger charge is -2.24. The summed E-state index contributed by atoms with van der Waals surface area (Å²) >= 11 is 0. The van der Waals surface area contributed by atoms with E-state index in [4.69, 9.17) is 0 Å². The molecule has 0 aliphatic heterocycles. The smallest absolute Gasteiger partial charge is 0.253 e. The van der Waals surface area contributed by atoms with Crippen LogP contribution in [0.5, 0.6) is 0 Å². The van der Waals surface area contributed by atoms with Crippen molar-refractivity contribution in [3.05, 3.63) is 28.4 Å². The number of nitrogens with zero attached hydrogens (tertiary/aromatic N) is 2. The van der Waals surface area contributed by atoms with E-state index in [0.29, 0.717) is 12.0 Å².